The molecule has 0 unspecified atom stereocenters. The van der Waals surface area contributed by atoms with Crippen LogP contribution in [-0.2, 0) is 11.2 Å². The topological polar surface area (TPSA) is 55.4 Å². The molecule has 6 heteroatoms. The van der Waals surface area contributed by atoms with Gasteiger partial charge in [-0.2, -0.15) is 0 Å². The van der Waals surface area contributed by atoms with E-state index < -0.39 is 0 Å². The molecule has 1 aliphatic rings. The number of nitrogens with one attached hydrogen (secondary N) is 1. The average molecular weight is 389 g/mol. The summed E-state index contributed by atoms with van der Waals surface area (Å²) in [5, 5.41) is 2.91. The molecule has 144 valence electrons. The minimum Gasteiger partial charge on any atom is -0.487 e. The molecule has 0 spiro atoms. The first-order valence-electron chi connectivity index (χ1n) is 9.20. The Labute approximate surface area is 162 Å². The van der Waals surface area contributed by atoms with Crippen molar-refractivity contribution < 1.29 is 18.7 Å². The lowest BCUT2D eigenvalue weighted by Crippen LogP contribution is -2.34. The summed E-state index contributed by atoms with van der Waals surface area (Å²) in [7, 11) is 0. The van der Waals surface area contributed by atoms with Crippen LogP contribution in [-0.4, -0.2) is 24.3 Å². The predicted molar refractivity (Wildman–Crippen MR) is 105 cm³/mol. The molecule has 4 nitrogen and oxygen atoms in total. The number of carbonyl (C=O) groups is 2. The van der Waals surface area contributed by atoms with Gasteiger partial charge in [-0.1, -0.05) is 13.8 Å². The van der Waals surface area contributed by atoms with Crippen molar-refractivity contribution in [1.82, 2.24) is 5.32 Å². The van der Waals surface area contributed by atoms with Crippen molar-refractivity contribution >= 4 is 23.0 Å². The molecule has 0 saturated heterocycles. The second-order valence-electron chi connectivity index (χ2n) is 7.34. The van der Waals surface area contributed by atoms with Crippen molar-refractivity contribution in [2.24, 2.45) is 5.92 Å². The van der Waals surface area contributed by atoms with Gasteiger partial charge in [0.15, 0.2) is 5.78 Å². The standard InChI is InChI=1S/C21H24FNO3S/c1-12(2)4-7-20(25)23-11-16-9-14-8-15(22)10-17(21(14)26-16)19-6-5-18(27-19)13(3)24/h5-6,8,10,12,16H,4,7,9,11H2,1-3H3,(H,23,25)/t16-/m1/s1. The van der Waals surface area contributed by atoms with Crippen molar-refractivity contribution in [2.45, 2.75) is 46.1 Å². The van der Waals surface area contributed by atoms with Crippen molar-refractivity contribution in [3.05, 3.63) is 40.5 Å². The Morgan fingerprint density at radius 1 is 1.33 bits per heavy atom. The molecule has 1 aromatic carbocycles. The molecule has 0 saturated carbocycles. The fourth-order valence-electron chi connectivity index (χ4n) is 3.10. The number of benzene rings is 1. The zero-order valence-electron chi connectivity index (χ0n) is 15.8. The van der Waals surface area contributed by atoms with Crippen LogP contribution < -0.4 is 10.1 Å². The molecule has 1 amide bonds. The summed E-state index contributed by atoms with van der Waals surface area (Å²) in [5.41, 5.74) is 1.46. The molecule has 1 atom stereocenters. The smallest absolute Gasteiger partial charge is 0.220 e. The fourth-order valence-corrected chi connectivity index (χ4v) is 4.01. The zero-order valence-corrected chi connectivity index (χ0v) is 16.6. The fraction of sp³-hybridized carbons (Fsp3) is 0.429. The SMILES string of the molecule is CC(=O)c1ccc(-c2cc(F)cc3c2O[C@@H](CNC(=O)CCC(C)C)C3)s1. The number of rotatable bonds is 7. The van der Waals surface area contributed by atoms with Gasteiger partial charge in [0.25, 0.3) is 0 Å². The summed E-state index contributed by atoms with van der Waals surface area (Å²) >= 11 is 1.33. The van der Waals surface area contributed by atoms with Crippen LogP contribution in [0.25, 0.3) is 10.4 Å². The quantitative estimate of drug-likeness (QED) is 0.704. The lowest BCUT2D eigenvalue weighted by atomic mass is 10.0. The largest absolute Gasteiger partial charge is 0.487 e. The van der Waals surface area contributed by atoms with Crippen LogP contribution in [0.4, 0.5) is 4.39 Å². The molecule has 0 fully saturated rings. The maximum absolute atomic E-state index is 14.1. The van der Waals surface area contributed by atoms with Crippen LogP contribution in [0, 0.1) is 11.7 Å². The van der Waals surface area contributed by atoms with Crippen LogP contribution in [0.1, 0.15) is 48.8 Å². The third-order valence-corrected chi connectivity index (χ3v) is 5.78. The normalized spacial score (nSPS) is 15.5. The highest BCUT2D eigenvalue weighted by Gasteiger charge is 2.28. The maximum Gasteiger partial charge on any atom is 0.220 e. The maximum atomic E-state index is 14.1. The minimum atomic E-state index is -0.327. The van der Waals surface area contributed by atoms with Gasteiger partial charge in [-0.25, -0.2) is 4.39 Å². The van der Waals surface area contributed by atoms with Gasteiger partial charge >= 0.3 is 0 Å². The number of thiophene rings is 1. The molecule has 1 aliphatic heterocycles. The number of Topliss-reactive ketones (excluding diaryl/α,β-unsaturated/α-hetero) is 1. The summed E-state index contributed by atoms with van der Waals surface area (Å²) in [6.07, 6.45) is 1.69. The first-order valence-corrected chi connectivity index (χ1v) is 10.0. The Balaban J connectivity index is 1.71. The molecule has 2 heterocycles. The van der Waals surface area contributed by atoms with Crippen molar-refractivity contribution in [2.75, 3.05) is 6.54 Å². The molecular formula is C21H24FNO3S. The molecule has 1 aromatic heterocycles. The van der Waals surface area contributed by atoms with Crippen LogP contribution >= 0.6 is 11.3 Å². The van der Waals surface area contributed by atoms with Gasteiger partial charge in [0.05, 0.1) is 11.4 Å². The minimum absolute atomic E-state index is 0.0118. The van der Waals surface area contributed by atoms with E-state index in [0.717, 1.165) is 16.9 Å². The number of ether oxygens (including phenoxy) is 1. The number of ketones is 1. The van der Waals surface area contributed by atoms with E-state index in [9.17, 15) is 14.0 Å². The van der Waals surface area contributed by atoms with Gasteiger partial charge in [0.2, 0.25) is 5.91 Å². The van der Waals surface area contributed by atoms with Crippen molar-refractivity contribution in [3.63, 3.8) is 0 Å². The Hall–Kier alpha value is -2.21. The Bertz CT molecular complexity index is 859. The van der Waals surface area contributed by atoms with Crippen LogP contribution in [0.5, 0.6) is 5.75 Å². The van der Waals surface area contributed by atoms with Gasteiger partial charge < -0.3 is 10.1 Å². The highest BCUT2D eigenvalue weighted by Crippen LogP contribution is 2.42. The third kappa shape index (κ3) is 4.75. The molecule has 3 rings (SSSR count). The third-order valence-electron chi connectivity index (χ3n) is 4.56. The second kappa shape index (κ2) is 8.21. The summed E-state index contributed by atoms with van der Waals surface area (Å²) < 4.78 is 20.1. The number of hydrogen-bond acceptors (Lipinski definition) is 4. The van der Waals surface area contributed by atoms with Crippen molar-refractivity contribution in [1.29, 1.82) is 0 Å². The highest BCUT2D eigenvalue weighted by molar-refractivity contribution is 7.17. The van der Waals surface area contributed by atoms with Gasteiger partial charge in [0.1, 0.15) is 17.7 Å². The summed E-state index contributed by atoms with van der Waals surface area (Å²) in [4.78, 5) is 24.9. The first kappa shape index (κ1) is 19.5. The second-order valence-corrected chi connectivity index (χ2v) is 8.43. The van der Waals surface area contributed by atoms with Crippen LogP contribution in [0.15, 0.2) is 24.3 Å². The van der Waals surface area contributed by atoms with E-state index in [2.05, 4.69) is 19.2 Å². The zero-order chi connectivity index (χ0) is 19.6. The van der Waals surface area contributed by atoms with Crippen LogP contribution in [0.3, 0.4) is 0 Å². The number of halogens is 1. The first-order chi connectivity index (χ1) is 12.8. The van der Waals surface area contributed by atoms with Gasteiger partial charge in [-0.05, 0) is 43.5 Å². The molecule has 0 radical (unpaired) electrons. The Morgan fingerprint density at radius 2 is 2.11 bits per heavy atom. The number of fused-ring (bicyclic) bond motifs is 1. The van der Waals surface area contributed by atoms with E-state index in [4.69, 9.17) is 4.74 Å². The lowest BCUT2D eigenvalue weighted by molar-refractivity contribution is -0.121. The van der Waals surface area contributed by atoms with Gasteiger partial charge in [0, 0.05) is 28.8 Å². The van der Waals surface area contributed by atoms with Gasteiger partial charge in [-0.15, -0.1) is 11.3 Å². The van der Waals surface area contributed by atoms with E-state index >= 15 is 0 Å². The van der Waals surface area contributed by atoms with Crippen molar-refractivity contribution in [3.8, 4) is 16.2 Å². The van der Waals surface area contributed by atoms with Crippen LogP contribution in [0.2, 0.25) is 0 Å². The molecule has 0 bridgehead atoms. The molecule has 27 heavy (non-hydrogen) atoms. The number of amides is 1. The van der Waals surface area contributed by atoms with Gasteiger partial charge in [-0.3, -0.25) is 9.59 Å². The highest BCUT2D eigenvalue weighted by atomic mass is 32.1. The number of hydrogen-bond donors (Lipinski definition) is 1. The Morgan fingerprint density at radius 3 is 2.78 bits per heavy atom. The lowest BCUT2D eigenvalue weighted by Gasteiger charge is -2.13. The van der Waals surface area contributed by atoms with E-state index in [1.807, 2.05) is 6.07 Å². The summed E-state index contributed by atoms with van der Waals surface area (Å²) in [6, 6.07) is 6.50. The molecular weight excluding hydrogens is 365 g/mol. The average Bonchev–Trinajstić information content (AvgIpc) is 3.24. The predicted octanol–water partition coefficient (Wildman–Crippen LogP) is 4.61. The summed E-state index contributed by atoms with van der Waals surface area (Å²) in [6.45, 7) is 6.08. The summed E-state index contributed by atoms with van der Waals surface area (Å²) in [5.74, 6) is 0.807. The monoisotopic (exact) mass is 389 g/mol. The number of carbonyl (C=O) groups excluding carboxylic acids is 2. The molecule has 1 N–H and O–H groups in total. The van der Waals surface area contributed by atoms with E-state index in [-0.39, 0.29) is 23.6 Å². The molecule has 2 aromatic rings. The van der Waals surface area contributed by atoms with E-state index in [0.29, 0.717) is 41.5 Å². The van der Waals surface area contributed by atoms with E-state index in [1.165, 1.54) is 30.4 Å². The van der Waals surface area contributed by atoms with E-state index in [1.54, 1.807) is 6.07 Å². The molecule has 0 aliphatic carbocycles. The Kier molecular flexibility index (Phi) is 5.95.